The number of hydrogen-bond acceptors (Lipinski definition) is 4. The fraction of sp³-hybridized carbons (Fsp3) is 0.571. The second-order valence-corrected chi connectivity index (χ2v) is 6.08. The second kappa shape index (κ2) is 6.10. The standard InChI is InChI=1S/C14H20BrN5/c1-2-19(10-11-6-3-4-8-16-11)14-17-13-12(15)7-5-9-20(13)18-14/h5,7,9,11,16H,2-4,6,8,10H2,1H3. The number of fused-ring (bicyclic) bond motifs is 1. The van der Waals surface area contributed by atoms with Gasteiger partial charge >= 0.3 is 0 Å². The molecule has 1 fully saturated rings. The maximum absolute atomic E-state index is 4.65. The summed E-state index contributed by atoms with van der Waals surface area (Å²) in [5.41, 5.74) is 0.873. The van der Waals surface area contributed by atoms with E-state index in [1.165, 1.54) is 19.3 Å². The van der Waals surface area contributed by atoms with Gasteiger partial charge in [-0.3, -0.25) is 0 Å². The van der Waals surface area contributed by atoms with Crippen LogP contribution in [0.5, 0.6) is 0 Å². The van der Waals surface area contributed by atoms with Crippen molar-refractivity contribution in [1.29, 1.82) is 0 Å². The maximum atomic E-state index is 4.65. The van der Waals surface area contributed by atoms with Gasteiger partial charge in [0.05, 0.1) is 4.47 Å². The Hall–Kier alpha value is -1.14. The summed E-state index contributed by atoms with van der Waals surface area (Å²) >= 11 is 3.53. The molecule has 2 aromatic rings. The highest BCUT2D eigenvalue weighted by Crippen LogP contribution is 2.19. The van der Waals surface area contributed by atoms with Gasteiger partial charge in [0.1, 0.15) is 0 Å². The summed E-state index contributed by atoms with van der Waals surface area (Å²) < 4.78 is 2.81. The molecule has 6 heteroatoms. The van der Waals surface area contributed by atoms with Crippen molar-refractivity contribution in [1.82, 2.24) is 19.9 Å². The van der Waals surface area contributed by atoms with Crippen LogP contribution in [0.3, 0.4) is 0 Å². The summed E-state index contributed by atoms with van der Waals surface area (Å²) in [6.45, 7) is 5.19. The summed E-state index contributed by atoms with van der Waals surface area (Å²) in [5.74, 6) is 0.812. The minimum Gasteiger partial charge on any atom is -0.338 e. The number of rotatable bonds is 4. The number of aromatic nitrogens is 3. The Kier molecular flexibility index (Phi) is 4.21. The molecule has 0 spiro atoms. The van der Waals surface area contributed by atoms with Gasteiger partial charge in [-0.2, -0.15) is 4.98 Å². The summed E-state index contributed by atoms with van der Waals surface area (Å²) in [5, 5.41) is 8.17. The Labute approximate surface area is 127 Å². The second-order valence-electron chi connectivity index (χ2n) is 5.22. The molecule has 3 heterocycles. The molecule has 1 aliphatic heterocycles. The smallest absolute Gasteiger partial charge is 0.245 e. The minimum absolute atomic E-state index is 0.554. The minimum atomic E-state index is 0.554. The van der Waals surface area contributed by atoms with Crippen LogP contribution in [-0.2, 0) is 0 Å². The van der Waals surface area contributed by atoms with E-state index in [2.05, 4.69) is 43.2 Å². The van der Waals surface area contributed by atoms with Crippen molar-refractivity contribution in [3.63, 3.8) is 0 Å². The van der Waals surface area contributed by atoms with Crippen molar-refractivity contribution in [2.24, 2.45) is 0 Å². The first-order valence-electron chi connectivity index (χ1n) is 7.27. The monoisotopic (exact) mass is 337 g/mol. The van der Waals surface area contributed by atoms with E-state index in [4.69, 9.17) is 0 Å². The van der Waals surface area contributed by atoms with Crippen molar-refractivity contribution in [3.8, 4) is 0 Å². The van der Waals surface area contributed by atoms with Gasteiger partial charge in [0.25, 0.3) is 0 Å². The van der Waals surface area contributed by atoms with Crippen LogP contribution in [0.4, 0.5) is 5.95 Å². The third-order valence-electron chi connectivity index (χ3n) is 3.82. The molecular weight excluding hydrogens is 318 g/mol. The van der Waals surface area contributed by atoms with Gasteiger partial charge in [-0.25, -0.2) is 4.52 Å². The Morgan fingerprint density at radius 3 is 3.10 bits per heavy atom. The highest BCUT2D eigenvalue weighted by molar-refractivity contribution is 9.10. The Bertz CT molecular complexity index is 576. The summed E-state index contributed by atoms with van der Waals surface area (Å²) in [6.07, 6.45) is 5.79. The predicted octanol–water partition coefficient (Wildman–Crippen LogP) is 2.46. The molecule has 1 saturated heterocycles. The molecule has 0 amide bonds. The van der Waals surface area contributed by atoms with Gasteiger partial charge in [-0.15, -0.1) is 5.10 Å². The molecule has 1 N–H and O–H groups in total. The SMILES string of the molecule is CCN(CC1CCCCN1)c1nc2c(Br)cccn2n1. The largest absolute Gasteiger partial charge is 0.338 e. The topological polar surface area (TPSA) is 45.5 Å². The number of anilines is 1. The van der Waals surface area contributed by atoms with E-state index in [0.717, 1.165) is 35.7 Å². The molecule has 2 aromatic heterocycles. The maximum Gasteiger partial charge on any atom is 0.245 e. The van der Waals surface area contributed by atoms with Crippen molar-refractivity contribution < 1.29 is 0 Å². The quantitative estimate of drug-likeness (QED) is 0.930. The van der Waals surface area contributed by atoms with Crippen LogP contribution >= 0.6 is 15.9 Å². The predicted molar refractivity (Wildman–Crippen MR) is 84.2 cm³/mol. The molecule has 20 heavy (non-hydrogen) atoms. The summed E-state index contributed by atoms with van der Waals surface area (Å²) in [6, 6.07) is 4.51. The summed E-state index contributed by atoms with van der Waals surface area (Å²) in [4.78, 5) is 6.90. The Morgan fingerprint density at radius 2 is 2.40 bits per heavy atom. The molecule has 0 aromatic carbocycles. The van der Waals surface area contributed by atoms with E-state index in [-0.39, 0.29) is 0 Å². The zero-order chi connectivity index (χ0) is 13.9. The lowest BCUT2D eigenvalue weighted by Crippen LogP contribution is -2.44. The fourth-order valence-electron chi connectivity index (χ4n) is 2.69. The molecule has 0 saturated carbocycles. The first kappa shape index (κ1) is 13.8. The van der Waals surface area contributed by atoms with Crippen LogP contribution in [0.15, 0.2) is 22.8 Å². The molecule has 1 atom stereocenters. The Morgan fingerprint density at radius 1 is 1.50 bits per heavy atom. The van der Waals surface area contributed by atoms with Crippen LogP contribution in [0.1, 0.15) is 26.2 Å². The van der Waals surface area contributed by atoms with Crippen LogP contribution in [0, 0.1) is 0 Å². The van der Waals surface area contributed by atoms with Gasteiger partial charge in [0.2, 0.25) is 5.95 Å². The van der Waals surface area contributed by atoms with E-state index in [9.17, 15) is 0 Å². The number of nitrogens with one attached hydrogen (secondary N) is 1. The average Bonchev–Trinajstić information content (AvgIpc) is 2.91. The van der Waals surface area contributed by atoms with Gasteiger partial charge in [0.15, 0.2) is 5.65 Å². The van der Waals surface area contributed by atoms with Gasteiger partial charge in [0, 0.05) is 25.3 Å². The van der Waals surface area contributed by atoms with E-state index in [1.807, 2.05) is 22.8 Å². The van der Waals surface area contributed by atoms with Crippen molar-refractivity contribution in [2.45, 2.75) is 32.2 Å². The molecule has 0 bridgehead atoms. The lowest BCUT2D eigenvalue weighted by atomic mass is 10.0. The number of likely N-dealkylation sites (N-methyl/N-ethyl adjacent to an activating group) is 1. The van der Waals surface area contributed by atoms with Crippen LogP contribution in [0.25, 0.3) is 5.65 Å². The fourth-order valence-corrected chi connectivity index (χ4v) is 3.12. The third kappa shape index (κ3) is 2.81. The molecule has 108 valence electrons. The highest BCUT2D eigenvalue weighted by Gasteiger charge is 2.19. The lowest BCUT2D eigenvalue weighted by Gasteiger charge is -2.29. The Balaban J connectivity index is 1.81. The summed E-state index contributed by atoms with van der Waals surface area (Å²) in [7, 11) is 0. The van der Waals surface area contributed by atoms with E-state index >= 15 is 0 Å². The number of piperidine rings is 1. The number of nitrogens with zero attached hydrogens (tertiary/aromatic N) is 4. The number of hydrogen-bond donors (Lipinski definition) is 1. The van der Waals surface area contributed by atoms with Crippen LogP contribution < -0.4 is 10.2 Å². The first-order valence-corrected chi connectivity index (χ1v) is 8.06. The lowest BCUT2D eigenvalue weighted by molar-refractivity contribution is 0.399. The average molecular weight is 338 g/mol. The molecular formula is C14H20BrN5. The van der Waals surface area contributed by atoms with E-state index in [1.54, 1.807) is 0 Å². The first-order chi connectivity index (χ1) is 9.78. The molecule has 1 unspecified atom stereocenters. The van der Waals surface area contributed by atoms with Crippen LogP contribution in [0.2, 0.25) is 0 Å². The van der Waals surface area contributed by atoms with E-state index < -0.39 is 0 Å². The molecule has 5 nitrogen and oxygen atoms in total. The zero-order valence-corrected chi connectivity index (χ0v) is 13.3. The van der Waals surface area contributed by atoms with Crippen molar-refractivity contribution >= 4 is 27.5 Å². The molecule has 3 rings (SSSR count). The normalized spacial score (nSPS) is 19.4. The van der Waals surface area contributed by atoms with E-state index in [0.29, 0.717) is 6.04 Å². The van der Waals surface area contributed by atoms with Crippen molar-refractivity contribution in [3.05, 3.63) is 22.8 Å². The molecule has 0 aliphatic carbocycles. The highest BCUT2D eigenvalue weighted by atomic mass is 79.9. The third-order valence-corrected chi connectivity index (χ3v) is 4.44. The van der Waals surface area contributed by atoms with Gasteiger partial charge in [-0.1, -0.05) is 6.42 Å². The number of pyridine rings is 1. The molecule has 1 aliphatic rings. The van der Waals surface area contributed by atoms with Gasteiger partial charge in [-0.05, 0) is 54.4 Å². The zero-order valence-electron chi connectivity index (χ0n) is 11.7. The van der Waals surface area contributed by atoms with Gasteiger partial charge < -0.3 is 10.2 Å². The van der Waals surface area contributed by atoms with Crippen LogP contribution in [-0.4, -0.2) is 40.3 Å². The number of halogens is 1. The molecule has 0 radical (unpaired) electrons. The van der Waals surface area contributed by atoms with Crippen molar-refractivity contribution in [2.75, 3.05) is 24.5 Å².